The summed E-state index contributed by atoms with van der Waals surface area (Å²) < 4.78 is 17.3. The van der Waals surface area contributed by atoms with Gasteiger partial charge in [0.25, 0.3) is 0 Å². The molecular formula is C15H14BrNO3. The molecule has 1 atom stereocenters. The Morgan fingerprint density at radius 2 is 1.95 bits per heavy atom. The second-order valence-corrected chi connectivity index (χ2v) is 5.45. The molecule has 2 N–H and O–H groups in total. The van der Waals surface area contributed by atoms with Gasteiger partial charge in [-0.05, 0) is 52.7 Å². The number of ether oxygens (including phenoxy) is 3. The van der Waals surface area contributed by atoms with E-state index in [0.717, 1.165) is 21.5 Å². The topological polar surface area (TPSA) is 53.7 Å². The van der Waals surface area contributed by atoms with E-state index in [1.807, 2.05) is 43.3 Å². The summed E-state index contributed by atoms with van der Waals surface area (Å²) in [6.45, 7) is 2.20. The molecule has 0 saturated heterocycles. The third-order valence-corrected chi connectivity index (χ3v) is 3.67. The third kappa shape index (κ3) is 2.59. The van der Waals surface area contributed by atoms with Crippen LogP contribution in [0.4, 0.5) is 0 Å². The second-order valence-electron chi connectivity index (χ2n) is 4.60. The summed E-state index contributed by atoms with van der Waals surface area (Å²) in [5.41, 5.74) is 6.91. The van der Waals surface area contributed by atoms with E-state index in [-0.39, 0.29) is 12.8 Å². The Balaban J connectivity index is 1.84. The molecule has 104 valence electrons. The van der Waals surface area contributed by atoms with Gasteiger partial charge in [-0.1, -0.05) is 6.07 Å². The Hall–Kier alpha value is -1.72. The van der Waals surface area contributed by atoms with Crippen molar-refractivity contribution in [3.8, 4) is 23.0 Å². The molecule has 2 aromatic carbocycles. The van der Waals surface area contributed by atoms with Crippen LogP contribution in [0.2, 0.25) is 0 Å². The van der Waals surface area contributed by atoms with Gasteiger partial charge in [0.05, 0.1) is 4.47 Å². The van der Waals surface area contributed by atoms with Crippen molar-refractivity contribution in [1.29, 1.82) is 0 Å². The number of hydrogen-bond donors (Lipinski definition) is 1. The highest BCUT2D eigenvalue weighted by molar-refractivity contribution is 9.10. The molecule has 0 saturated carbocycles. The minimum absolute atomic E-state index is 0.00843. The first kappa shape index (κ1) is 13.3. The number of benzene rings is 2. The number of halogens is 1. The molecular weight excluding hydrogens is 322 g/mol. The summed E-state index contributed by atoms with van der Waals surface area (Å²) in [6, 6.07) is 11.3. The first-order valence-electron chi connectivity index (χ1n) is 6.26. The van der Waals surface area contributed by atoms with Gasteiger partial charge < -0.3 is 19.9 Å². The standard InChI is InChI=1S/C15H14BrNO3/c1-9(17)10-2-4-13(12(16)6-10)20-11-3-5-14-15(7-11)19-8-18-14/h2-7,9H,8,17H2,1H3/t9-/m0/s1. The van der Waals surface area contributed by atoms with Gasteiger partial charge in [0.15, 0.2) is 11.5 Å². The average molecular weight is 336 g/mol. The Bertz CT molecular complexity index is 643. The molecule has 4 nitrogen and oxygen atoms in total. The van der Waals surface area contributed by atoms with Crippen LogP contribution in [-0.4, -0.2) is 6.79 Å². The van der Waals surface area contributed by atoms with E-state index in [4.69, 9.17) is 19.9 Å². The van der Waals surface area contributed by atoms with Crippen molar-refractivity contribution in [1.82, 2.24) is 0 Å². The lowest BCUT2D eigenvalue weighted by Gasteiger charge is -2.11. The van der Waals surface area contributed by atoms with Gasteiger partial charge >= 0.3 is 0 Å². The minimum atomic E-state index is -0.00843. The molecule has 0 unspecified atom stereocenters. The Labute approximate surface area is 125 Å². The number of nitrogens with two attached hydrogens (primary N) is 1. The molecule has 1 heterocycles. The molecule has 0 aliphatic carbocycles. The van der Waals surface area contributed by atoms with Crippen LogP contribution >= 0.6 is 15.9 Å². The smallest absolute Gasteiger partial charge is 0.231 e. The van der Waals surface area contributed by atoms with Crippen molar-refractivity contribution < 1.29 is 14.2 Å². The molecule has 1 aliphatic heterocycles. The van der Waals surface area contributed by atoms with Crippen molar-refractivity contribution in [3.05, 3.63) is 46.4 Å². The molecule has 0 fully saturated rings. The monoisotopic (exact) mass is 335 g/mol. The predicted molar refractivity (Wildman–Crippen MR) is 79.4 cm³/mol. The highest BCUT2D eigenvalue weighted by Gasteiger charge is 2.14. The van der Waals surface area contributed by atoms with Crippen LogP contribution in [0.5, 0.6) is 23.0 Å². The highest BCUT2D eigenvalue weighted by atomic mass is 79.9. The van der Waals surface area contributed by atoms with Crippen LogP contribution in [-0.2, 0) is 0 Å². The number of fused-ring (bicyclic) bond motifs is 1. The zero-order chi connectivity index (χ0) is 14.1. The fourth-order valence-electron chi connectivity index (χ4n) is 1.95. The molecule has 1 aliphatic rings. The van der Waals surface area contributed by atoms with Crippen LogP contribution in [0.25, 0.3) is 0 Å². The number of hydrogen-bond acceptors (Lipinski definition) is 4. The molecule has 0 amide bonds. The summed E-state index contributed by atoms with van der Waals surface area (Å²) >= 11 is 3.50. The van der Waals surface area contributed by atoms with Gasteiger partial charge in [-0.15, -0.1) is 0 Å². The van der Waals surface area contributed by atoms with Gasteiger partial charge in [-0.3, -0.25) is 0 Å². The summed E-state index contributed by atoms with van der Waals surface area (Å²) in [6.07, 6.45) is 0. The van der Waals surface area contributed by atoms with Crippen molar-refractivity contribution in [2.45, 2.75) is 13.0 Å². The van der Waals surface area contributed by atoms with Crippen molar-refractivity contribution in [3.63, 3.8) is 0 Å². The Morgan fingerprint density at radius 3 is 2.70 bits per heavy atom. The lowest BCUT2D eigenvalue weighted by Crippen LogP contribution is -2.04. The van der Waals surface area contributed by atoms with E-state index in [2.05, 4.69) is 15.9 Å². The minimum Gasteiger partial charge on any atom is -0.456 e. The van der Waals surface area contributed by atoms with Gasteiger partial charge in [0.2, 0.25) is 6.79 Å². The summed E-state index contributed by atoms with van der Waals surface area (Å²) in [4.78, 5) is 0. The van der Waals surface area contributed by atoms with Crippen LogP contribution in [0.3, 0.4) is 0 Å². The van der Waals surface area contributed by atoms with E-state index < -0.39 is 0 Å². The zero-order valence-electron chi connectivity index (χ0n) is 10.9. The molecule has 0 spiro atoms. The maximum atomic E-state index is 5.85. The van der Waals surface area contributed by atoms with E-state index in [9.17, 15) is 0 Å². The van der Waals surface area contributed by atoms with Crippen LogP contribution < -0.4 is 19.9 Å². The molecule has 5 heteroatoms. The summed E-state index contributed by atoms with van der Waals surface area (Å²) in [5.74, 6) is 2.87. The van der Waals surface area contributed by atoms with Gasteiger partial charge in [0, 0.05) is 12.1 Å². The molecule has 2 aromatic rings. The van der Waals surface area contributed by atoms with E-state index in [1.54, 1.807) is 0 Å². The first-order chi connectivity index (χ1) is 9.63. The fraction of sp³-hybridized carbons (Fsp3) is 0.200. The molecule has 20 heavy (non-hydrogen) atoms. The average Bonchev–Trinajstić information content (AvgIpc) is 2.88. The van der Waals surface area contributed by atoms with Crippen molar-refractivity contribution in [2.75, 3.05) is 6.79 Å². The fourth-order valence-corrected chi connectivity index (χ4v) is 2.43. The largest absolute Gasteiger partial charge is 0.456 e. The molecule has 3 rings (SSSR count). The quantitative estimate of drug-likeness (QED) is 0.921. The van der Waals surface area contributed by atoms with Crippen molar-refractivity contribution in [2.24, 2.45) is 5.73 Å². The summed E-state index contributed by atoms with van der Waals surface area (Å²) in [5, 5.41) is 0. The lowest BCUT2D eigenvalue weighted by atomic mass is 10.1. The van der Waals surface area contributed by atoms with Crippen molar-refractivity contribution >= 4 is 15.9 Å². The third-order valence-electron chi connectivity index (χ3n) is 3.05. The summed E-state index contributed by atoms with van der Waals surface area (Å²) in [7, 11) is 0. The highest BCUT2D eigenvalue weighted by Crippen LogP contribution is 2.38. The second kappa shape index (κ2) is 5.34. The van der Waals surface area contributed by atoms with Crippen LogP contribution in [0.1, 0.15) is 18.5 Å². The lowest BCUT2D eigenvalue weighted by molar-refractivity contribution is 0.174. The van der Waals surface area contributed by atoms with Crippen LogP contribution in [0, 0.1) is 0 Å². The first-order valence-corrected chi connectivity index (χ1v) is 7.05. The normalized spacial score (nSPS) is 14.2. The SMILES string of the molecule is C[C@H](N)c1ccc(Oc2ccc3c(c2)OCO3)c(Br)c1. The molecule has 0 aromatic heterocycles. The Kier molecular flexibility index (Phi) is 3.54. The van der Waals surface area contributed by atoms with E-state index in [0.29, 0.717) is 11.5 Å². The van der Waals surface area contributed by atoms with Gasteiger partial charge in [0.1, 0.15) is 11.5 Å². The van der Waals surface area contributed by atoms with E-state index >= 15 is 0 Å². The van der Waals surface area contributed by atoms with E-state index in [1.165, 1.54) is 0 Å². The maximum Gasteiger partial charge on any atom is 0.231 e. The van der Waals surface area contributed by atoms with Gasteiger partial charge in [-0.25, -0.2) is 0 Å². The number of rotatable bonds is 3. The molecule has 0 bridgehead atoms. The van der Waals surface area contributed by atoms with Gasteiger partial charge in [-0.2, -0.15) is 0 Å². The maximum absolute atomic E-state index is 5.85. The Morgan fingerprint density at radius 1 is 1.15 bits per heavy atom. The zero-order valence-corrected chi connectivity index (χ0v) is 12.5. The van der Waals surface area contributed by atoms with Crippen LogP contribution in [0.15, 0.2) is 40.9 Å². The predicted octanol–water partition coefficient (Wildman–Crippen LogP) is 3.99. The molecule has 0 radical (unpaired) electrons.